The Balaban J connectivity index is 2.33. The minimum absolute atomic E-state index is 0.00815. The number of hydrogen-bond acceptors (Lipinski definition) is 3. The molecular weight excluding hydrogens is 255 g/mol. The number of halogens is 3. The summed E-state index contributed by atoms with van der Waals surface area (Å²) in [5.41, 5.74) is 0. The van der Waals surface area contributed by atoms with Crippen LogP contribution in [0, 0.1) is 0 Å². The molecule has 0 aromatic heterocycles. The Kier molecular flexibility index (Phi) is 4.94. The molecular formula is C10H14F3NO4. The van der Waals surface area contributed by atoms with E-state index in [9.17, 15) is 22.8 Å². The molecule has 1 saturated carbocycles. The highest BCUT2D eigenvalue weighted by molar-refractivity contribution is 5.78. The van der Waals surface area contributed by atoms with Crippen LogP contribution in [-0.2, 0) is 14.3 Å². The zero-order valence-electron chi connectivity index (χ0n) is 9.57. The van der Waals surface area contributed by atoms with Crippen molar-refractivity contribution >= 4 is 11.9 Å². The van der Waals surface area contributed by atoms with E-state index in [2.05, 4.69) is 4.74 Å². The van der Waals surface area contributed by atoms with Crippen LogP contribution in [0.4, 0.5) is 13.2 Å². The third-order valence-corrected chi connectivity index (χ3v) is 2.37. The van der Waals surface area contributed by atoms with Crippen molar-refractivity contribution < 1.29 is 32.6 Å². The molecule has 0 unspecified atom stereocenters. The number of amides is 1. The molecule has 0 radical (unpaired) electrons. The monoisotopic (exact) mass is 269 g/mol. The van der Waals surface area contributed by atoms with Gasteiger partial charge >= 0.3 is 12.1 Å². The molecule has 0 aliphatic heterocycles. The van der Waals surface area contributed by atoms with E-state index in [4.69, 9.17) is 5.11 Å². The molecule has 8 heteroatoms. The first-order valence-electron chi connectivity index (χ1n) is 5.45. The van der Waals surface area contributed by atoms with E-state index < -0.39 is 31.3 Å². The summed E-state index contributed by atoms with van der Waals surface area (Å²) in [7, 11) is 0. The summed E-state index contributed by atoms with van der Waals surface area (Å²) in [6, 6.07) is -0.0497. The van der Waals surface area contributed by atoms with Gasteiger partial charge in [-0.1, -0.05) is 0 Å². The summed E-state index contributed by atoms with van der Waals surface area (Å²) in [5, 5.41) is 8.51. The van der Waals surface area contributed by atoms with Crippen LogP contribution in [0.2, 0.25) is 0 Å². The molecule has 1 amide bonds. The van der Waals surface area contributed by atoms with Gasteiger partial charge in [0.05, 0.1) is 6.42 Å². The zero-order chi connectivity index (χ0) is 13.8. The molecule has 0 spiro atoms. The van der Waals surface area contributed by atoms with Crippen molar-refractivity contribution in [3.63, 3.8) is 0 Å². The second-order valence-corrected chi connectivity index (χ2v) is 4.07. The third-order valence-electron chi connectivity index (χ3n) is 2.37. The van der Waals surface area contributed by atoms with Crippen LogP contribution in [0.25, 0.3) is 0 Å². The number of hydrogen-bond donors (Lipinski definition) is 1. The molecule has 18 heavy (non-hydrogen) atoms. The summed E-state index contributed by atoms with van der Waals surface area (Å²) in [4.78, 5) is 23.2. The van der Waals surface area contributed by atoms with Crippen LogP contribution in [0.5, 0.6) is 0 Å². The molecule has 0 heterocycles. The predicted octanol–water partition coefficient (Wildman–Crippen LogP) is 1.03. The molecule has 1 N–H and O–H groups in total. The van der Waals surface area contributed by atoms with Gasteiger partial charge in [-0.05, 0) is 12.8 Å². The molecule has 0 bridgehead atoms. The first-order valence-corrected chi connectivity index (χ1v) is 5.45. The Bertz CT molecular complexity index is 315. The maximum atomic E-state index is 11.8. The van der Waals surface area contributed by atoms with E-state index in [-0.39, 0.29) is 19.0 Å². The summed E-state index contributed by atoms with van der Waals surface area (Å²) >= 11 is 0. The first kappa shape index (κ1) is 14.7. The summed E-state index contributed by atoms with van der Waals surface area (Å²) in [6.07, 6.45) is -3.18. The second kappa shape index (κ2) is 6.03. The maximum Gasteiger partial charge on any atom is 0.411 e. The number of carboxylic acids is 1. The Hall–Kier alpha value is -1.31. The van der Waals surface area contributed by atoms with Gasteiger partial charge in [-0.2, -0.15) is 13.2 Å². The van der Waals surface area contributed by atoms with E-state index in [0.717, 1.165) is 12.8 Å². The van der Waals surface area contributed by atoms with Crippen LogP contribution in [-0.4, -0.2) is 53.9 Å². The Morgan fingerprint density at radius 1 is 1.33 bits per heavy atom. The number of carbonyl (C=O) groups is 2. The van der Waals surface area contributed by atoms with Crippen molar-refractivity contribution in [2.75, 3.05) is 19.8 Å². The normalized spacial score (nSPS) is 15.5. The summed E-state index contributed by atoms with van der Waals surface area (Å²) in [5.74, 6) is -1.65. The van der Waals surface area contributed by atoms with Crippen molar-refractivity contribution in [3.05, 3.63) is 0 Å². The fourth-order valence-corrected chi connectivity index (χ4v) is 1.45. The van der Waals surface area contributed by atoms with Crippen molar-refractivity contribution in [1.29, 1.82) is 0 Å². The highest BCUT2D eigenvalue weighted by atomic mass is 19.4. The van der Waals surface area contributed by atoms with Gasteiger partial charge in [0.1, 0.15) is 13.2 Å². The number of carboxylic acid groups (broad SMARTS) is 1. The first-order chi connectivity index (χ1) is 8.29. The number of carbonyl (C=O) groups excluding carboxylic acids is 1. The minimum Gasteiger partial charge on any atom is -0.481 e. The lowest BCUT2D eigenvalue weighted by Gasteiger charge is -2.21. The van der Waals surface area contributed by atoms with Crippen LogP contribution >= 0.6 is 0 Å². The number of alkyl halides is 3. The predicted molar refractivity (Wildman–Crippen MR) is 53.9 cm³/mol. The van der Waals surface area contributed by atoms with E-state index in [1.807, 2.05) is 0 Å². The smallest absolute Gasteiger partial charge is 0.411 e. The zero-order valence-corrected chi connectivity index (χ0v) is 9.57. The van der Waals surface area contributed by atoms with Gasteiger partial charge in [-0.25, -0.2) is 0 Å². The van der Waals surface area contributed by atoms with E-state index in [0.29, 0.717) is 0 Å². The molecule has 1 fully saturated rings. The van der Waals surface area contributed by atoms with E-state index in [1.54, 1.807) is 0 Å². The molecule has 1 rings (SSSR count). The van der Waals surface area contributed by atoms with Crippen LogP contribution in [0.15, 0.2) is 0 Å². The molecule has 1 aliphatic carbocycles. The highest BCUT2D eigenvalue weighted by Gasteiger charge is 2.33. The highest BCUT2D eigenvalue weighted by Crippen LogP contribution is 2.27. The summed E-state index contributed by atoms with van der Waals surface area (Å²) in [6.45, 7) is -2.14. The number of aliphatic carboxylic acids is 1. The van der Waals surface area contributed by atoms with Gasteiger partial charge in [0.15, 0.2) is 0 Å². The van der Waals surface area contributed by atoms with Gasteiger partial charge in [0.25, 0.3) is 0 Å². The molecule has 0 aromatic carbocycles. The van der Waals surface area contributed by atoms with Gasteiger partial charge in [-0.15, -0.1) is 0 Å². The van der Waals surface area contributed by atoms with Gasteiger partial charge in [0.2, 0.25) is 5.91 Å². The average molecular weight is 269 g/mol. The standard InChI is InChI=1S/C10H14F3NO4/c11-10(12,13)6-18-5-8(15)14(7-1-2-7)4-3-9(16)17/h7H,1-6H2,(H,16,17). The van der Waals surface area contributed by atoms with Gasteiger partial charge < -0.3 is 14.7 Å². The molecule has 0 saturated heterocycles. The van der Waals surface area contributed by atoms with Crippen LogP contribution < -0.4 is 0 Å². The third kappa shape index (κ3) is 5.85. The Morgan fingerprint density at radius 3 is 2.39 bits per heavy atom. The topological polar surface area (TPSA) is 66.8 Å². The molecule has 0 atom stereocenters. The van der Waals surface area contributed by atoms with Crippen molar-refractivity contribution in [2.45, 2.75) is 31.5 Å². The van der Waals surface area contributed by atoms with Gasteiger partial charge in [-0.3, -0.25) is 9.59 Å². The molecule has 5 nitrogen and oxygen atoms in total. The number of nitrogens with zero attached hydrogens (tertiary/aromatic N) is 1. The SMILES string of the molecule is O=C(O)CCN(C(=O)COCC(F)(F)F)C1CC1. The molecule has 104 valence electrons. The lowest BCUT2D eigenvalue weighted by Crippen LogP contribution is -2.38. The molecule has 1 aliphatic rings. The number of rotatable bonds is 7. The minimum atomic E-state index is -4.47. The fourth-order valence-electron chi connectivity index (χ4n) is 1.45. The van der Waals surface area contributed by atoms with Crippen LogP contribution in [0.3, 0.4) is 0 Å². The van der Waals surface area contributed by atoms with Crippen LogP contribution in [0.1, 0.15) is 19.3 Å². The largest absolute Gasteiger partial charge is 0.481 e. The van der Waals surface area contributed by atoms with Gasteiger partial charge in [0, 0.05) is 12.6 Å². The van der Waals surface area contributed by atoms with Crippen molar-refractivity contribution in [2.24, 2.45) is 0 Å². The lowest BCUT2D eigenvalue weighted by molar-refractivity contribution is -0.178. The number of ether oxygens (including phenoxy) is 1. The van der Waals surface area contributed by atoms with E-state index in [1.165, 1.54) is 4.90 Å². The summed E-state index contributed by atoms with van der Waals surface area (Å²) < 4.78 is 39.7. The van der Waals surface area contributed by atoms with E-state index >= 15 is 0 Å². The quantitative estimate of drug-likeness (QED) is 0.749. The average Bonchev–Trinajstić information content (AvgIpc) is 2.99. The second-order valence-electron chi connectivity index (χ2n) is 4.07. The van der Waals surface area contributed by atoms with Crippen molar-refractivity contribution in [1.82, 2.24) is 4.90 Å². The lowest BCUT2D eigenvalue weighted by atomic mass is 10.3. The Morgan fingerprint density at radius 2 is 1.94 bits per heavy atom. The fraction of sp³-hybridized carbons (Fsp3) is 0.800. The maximum absolute atomic E-state index is 11.8. The van der Waals surface area contributed by atoms with Crippen molar-refractivity contribution in [3.8, 4) is 0 Å². The molecule has 0 aromatic rings. The Labute approximate surface area is 102 Å².